The summed E-state index contributed by atoms with van der Waals surface area (Å²) in [6, 6.07) is 17.3. The normalized spacial score (nSPS) is 15.7. The Bertz CT molecular complexity index is 1070. The molecular weight excluding hydrogens is 394 g/mol. The molecule has 0 saturated carbocycles. The highest BCUT2D eigenvalue weighted by molar-refractivity contribution is 8.00. The zero-order valence-electron chi connectivity index (χ0n) is 17.3. The molecule has 1 aliphatic rings. The minimum atomic E-state index is -0.293. The molecule has 5 nitrogen and oxygen atoms in total. The Morgan fingerprint density at radius 2 is 1.67 bits per heavy atom. The van der Waals surface area contributed by atoms with Gasteiger partial charge in [-0.05, 0) is 37.5 Å². The van der Waals surface area contributed by atoms with E-state index in [9.17, 15) is 9.59 Å². The molecule has 0 aliphatic carbocycles. The number of amides is 1. The Hall–Kier alpha value is -2.60. The first-order valence-electron chi connectivity index (χ1n) is 10.6. The summed E-state index contributed by atoms with van der Waals surface area (Å²) in [5.41, 5.74) is 1.63. The van der Waals surface area contributed by atoms with E-state index in [1.54, 1.807) is 4.57 Å². The van der Waals surface area contributed by atoms with Gasteiger partial charge in [0.1, 0.15) is 0 Å². The van der Waals surface area contributed by atoms with Crippen molar-refractivity contribution in [3.05, 3.63) is 70.5 Å². The summed E-state index contributed by atoms with van der Waals surface area (Å²) in [4.78, 5) is 33.1. The number of hydrogen-bond acceptors (Lipinski definition) is 4. The second-order valence-corrected chi connectivity index (χ2v) is 9.10. The molecule has 1 aromatic heterocycles. The van der Waals surface area contributed by atoms with Crippen LogP contribution in [0.1, 0.15) is 38.2 Å². The zero-order valence-corrected chi connectivity index (χ0v) is 18.1. The fourth-order valence-electron chi connectivity index (χ4n) is 3.90. The van der Waals surface area contributed by atoms with Crippen LogP contribution < -0.4 is 5.56 Å². The second kappa shape index (κ2) is 9.47. The summed E-state index contributed by atoms with van der Waals surface area (Å²) >= 11 is 1.39. The molecule has 0 bridgehead atoms. The minimum Gasteiger partial charge on any atom is -0.342 e. The number of nitrogens with zero attached hydrogens (tertiary/aromatic N) is 3. The van der Waals surface area contributed by atoms with E-state index in [0.717, 1.165) is 31.5 Å². The SMILES string of the molecule is C[C@@H](Sc1nc2ccccc2c(=O)n1Cc1ccccc1)C(=O)N1CCCCCC1. The fraction of sp³-hybridized carbons (Fsp3) is 0.375. The molecule has 2 aromatic carbocycles. The second-order valence-electron chi connectivity index (χ2n) is 7.79. The molecule has 0 unspecified atom stereocenters. The van der Waals surface area contributed by atoms with Crippen molar-refractivity contribution >= 4 is 28.6 Å². The van der Waals surface area contributed by atoms with E-state index >= 15 is 0 Å². The van der Waals surface area contributed by atoms with Crippen LogP contribution in [-0.4, -0.2) is 38.7 Å². The van der Waals surface area contributed by atoms with Gasteiger partial charge in [-0.15, -0.1) is 0 Å². The number of rotatable bonds is 5. The number of fused-ring (bicyclic) bond motifs is 1. The molecule has 2 heterocycles. The molecule has 4 rings (SSSR count). The maximum Gasteiger partial charge on any atom is 0.262 e. The Kier molecular flexibility index (Phi) is 6.53. The number of carbonyl (C=O) groups is 1. The lowest BCUT2D eigenvalue weighted by molar-refractivity contribution is -0.130. The van der Waals surface area contributed by atoms with Crippen molar-refractivity contribution in [3.8, 4) is 0 Å². The summed E-state index contributed by atoms with van der Waals surface area (Å²) < 4.78 is 1.70. The topological polar surface area (TPSA) is 55.2 Å². The average Bonchev–Trinajstić information content (AvgIpc) is 3.06. The third kappa shape index (κ3) is 4.59. The smallest absolute Gasteiger partial charge is 0.262 e. The number of benzene rings is 2. The maximum absolute atomic E-state index is 13.3. The van der Waals surface area contributed by atoms with Gasteiger partial charge in [0, 0.05) is 13.1 Å². The maximum atomic E-state index is 13.3. The van der Waals surface area contributed by atoms with E-state index < -0.39 is 0 Å². The van der Waals surface area contributed by atoms with Crippen molar-refractivity contribution < 1.29 is 4.79 Å². The molecular formula is C24H27N3O2S. The van der Waals surface area contributed by atoms with Crippen LogP contribution in [0, 0.1) is 0 Å². The van der Waals surface area contributed by atoms with Crippen LogP contribution in [0.2, 0.25) is 0 Å². The van der Waals surface area contributed by atoms with Crippen molar-refractivity contribution in [2.45, 2.75) is 49.6 Å². The summed E-state index contributed by atoms with van der Waals surface area (Å²) in [5, 5.41) is 0.903. The highest BCUT2D eigenvalue weighted by Crippen LogP contribution is 2.25. The molecule has 1 aliphatic heterocycles. The zero-order chi connectivity index (χ0) is 20.9. The van der Waals surface area contributed by atoms with Gasteiger partial charge in [0.2, 0.25) is 5.91 Å². The van der Waals surface area contributed by atoms with E-state index in [4.69, 9.17) is 4.98 Å². The predicted molar refractivity (Wildman–Crippen MR) is 122 cm³/mol. The lowest BCUT2D eigenvalue weighted by Gasteiger charge is -2.24. The number of aromatic nitrogens is 2. The van der Waals surface area contributed by atoms with Gasteiger partial charge in [-0.1, -0.05) is 67.1 Å². The fourth-order valence-corrected chi connectivity index (χ4v) is 4.89. The molecule has 1 fully saturated rings. The largest absolute Gasteiger partial charge is 0.342 e. The quantitative estimate of drug-likeness (QED) is 0.455. The molecule has 6 heteroatoms. The lowest BCUT2D eigenvalue weighted by atomic mass is 10.2. The van der Waals surface area contributed by atoms with Crippen molar-refractivity contribution in [2.24, 2.45) is 0 Å². The van der Waals surface area contributed by atoms with Gasteiger partial charge < -0.3 is 4.90 Å². The van der Waals surface area contributed by atoms with Crippen molar-refractivity contribution in [2.75, 3.05) is 13.1 Å². The number of likely N-dealkylation sites (tertiary alicyclic amines) is 1. The van der Waals surface area contributed by atoms with Crippen LogP contribution in [0.3, 0.4) is 0 Å². The number of thioether (sulfide) groups is 1. The van der Waals surface area contributed by atoms with Crippen LogP contribution in [0.15, 0.2) is 64.5 Å². The van der Waals surface area contributed by atoms with E-state index in [2.05, 4.69) is 0 Å². The third-order valence-corrected chi connectivity index (χ3v) is 6.64. The van der Waals surface area contributed by atoms with Gasteiger partial charge in [-0.25, -0.2) is 4.98 Å². The highest BCUT2D eigenvalue weighted by atomic mass is 32.2. The molecule has 3 aromatic rings. The Morgan fingerprint density at radius 3 is 2.40 bits per heavy atom. The van der Waals surface area contributed by atoms with Crippen LogP contribution in [0.4, 0.5) is 0 Å². The first-order valence-corrected chi connectivity index (χ1v) is 11.5. The van der Waals surface area contributed by atoms with Crippen LogP contribution in [0.25, 0.3) is 10.9 Å². The summed E-state index contributed by atoms with van der Waals surface area (Å²) in [6.07, 6.45) is 4.51. The van der Waals surface area contributed by atoms with E-state index in [1.165, 1.54) is 24.6 Å². The van der Waals surface area contributed by atoms with Gasteiger partial charge in [-0.3, -0.25) is 14.2 Å². The Morgan fingerprint density at radius 1 is 1.00 bits per heavy atom. The molecule has 1 amide bonds. The third-order valence-electron chi connectivity index (χ3n) is 5.56. The first-order chi connectivity index (χ1) is 14.6. The highest BCUT2D eigenvalue weighted by Gasteiger charge is 2.24. The van der Waals surface area contributed by atoms with E-state index in [0.29, 0.717) is 22.6 Å². The van der Waals surface area contributed by atoms with Gasteiger partial charge in [-0.2, -0.15) is 0 Å². The van der Waals surface area contributed by atoms with Crippen molar-refractivity contribution in [1.29, 1.82) is 0 Å². The monoisotopic (exact) mass is 421 g/mol. The van der Waals surface area contributed by atoms with Gasteiger partial charge in [0.05, 0.1) is 22.7 Å². The molecule has 156 valence electrons. The molecule has 1 atom stereocenters. The summed E-state index contributed by atoms with van der Waals surface area (Å²) in [7, 11) is 0. The first kappa shape index (κ1) is 20.7. The van der Waals surface area contributed by atoms with Crippen molar-refractivity contribution in [1.82, 2.24) is 14.5 Å². The molecule has 0 radical (unpaired) electrons. The van der Waals surface area contributed by atoms with E-state index in [1.807, 2.05) is 66.4 Å². The summed E-state index contributed by atoms with van der Waals surface area (Å²) in [5.74, 6) is 0.135. The van der Waals surface area contributed by atoms with Gasteiger partial charge in [0.25, 0.3) is 5.56 Å². The van der Waals surface area contributed by atoms with Crippen molar-refractivity contribution in [3.63, 3.8) is 0 Å². The number of para-hydroxylation sites is 1. The molecule has 0 N–H and O–H groups in total. The molecule has 1 saturated heterocycles. The summed E-state index contributed by atoms with van der Waals surface area (Å²) in [6.45, 7) is 4.01. The predicted octanol–water partition coefficient (Wildman–Crippen LogP) is 4.33. The standard InChI is InChI=1S/C24H27N3O2S/c1-18(22(28)26-15-9-2-3-10-16-26)30-24-25-21-14-8-7-13-20(21)23(29)27(24)17-19-11-5-4-6-12-19/h4-8,11-14,18H,2-3,9-10,15-17H2,1H3/t18-/m1/s1. The lowest BCUT2D eigenvalue weighted by Crippen LogP contribution is -2.37. The average molecular weight is 422 g/mol. The van der Waals surface area contributed by atoms with Crippen LogP contribution in [0.5, 0.6) is 0 Å². The minimum absolute atomic E-state index is 0.0682. The van der Waals surface area contributed by atoms with E-state index in [-0.39, 0.29) is 16.7 Å². The molecule has 0 spiro atoms. The Labute approximate surface area is 181 Å². The Balaban J connectivity index is 1.67. The number of hydrogen-bond donors (Lipinski definition) is 0. The molecule has 30 heavy (non-hydrogen) atoms. The van der Waals surface area contributed by atoms with Gasteiger partial charge >= 0.3 is 0 Å². The van der Waals surface area contributed by atoms with Crippen LogP contribution in [-0.2, 0) is 11.3 Å². The number of carbonyl (C=O) groups excluding carboxylic acids is 1. The van der Waals surface area contributed by atoms with Gasteiger partial charge in [0.15, 0.2) is 5.16 Å². The van der Waals surface area contributed by atoms with Crippen LogP contribution >= 0.6 is 11.8 Å².